The third-order valence-corrected chi connectivity index (χ3v) is 8.41. The van der Waals surface area contributed by atoms with Gasteiger partial charge in [-0.25, -0.2) is 0 Å². The van der Waals surface area contributed by atoms with Gasteiger partial charge in [0.25, 0.3) is 0 Å². The highest BCUT2D eigenvalue weighted by molar-refractivity contribution is 8.02. The van der Waals surface area contributed by atoms with Crippen molar-refractivity contribution in [2.75, 3.05) is 19.7 Å². The molecule has 7 nitrogen and oxygen atoms in total. The number of aliphatic carboxylic acids is 1. The van der Waals surface area contributed by atoms with E-state index in [4.69, 9.17) is 0 Å². The molecular weight excluding hydrogens is 368 g/mol. The average Bonchev–Trinajstić information content (AvgIpc) is 3.17. The molecule has 0 saturated carbocycles. The molecule has 6 atom stereocenters. The molecule has 2 amide bonds. The molecule has 0 aliphatic carbocycles. The molecule has 2 N–H and O–H groups in total. The third kappa shape index (κ3) is 2.71. The summed E-state index contributed by atoms with van der Waals surface area (Å²) in [5, 5.41) is 19.1. The minimum absolute atomic E-state index is 0.0395. The standard InChI is InChI=1S/C19H28N2O5S/c1-5-6-20(10(2)3)17(24)15-19-11(4)9-12(27-19)13(18(25)26)14(19)16(23)21(15)7-8-22/h5,10-15,22H,1,6-9H2,2-4H3,(H,25,26)/t11?,12-,13+,14+,15?,19?/m1/s1. The first kappa shape index (κ1) is 20.2. The zero-order chi connectivity index (χ0) is 20.1. The van der Waals surface area contributed by atoms with E-state index < -0.39 is 28.6 Å². The maximum Gasteiger partial charge on any atom is 0.308 e. The number of fused-ring (bicyclic) bond motifs is 1. The summed E-state index contributed by atoms with van der Waals surface area (Å²) in [7, 11) is 0. The summed E-state index contributed by atoms with van der Waals surface area (Å²) in [6.07, 6.45) is 2.34. The van der Waals surface area contributed by atoms with Crippen LogP contribution in [0.2, 0.25) is 0 Å². The molecule has 3 aliphatic heterocycles. The number of thioether (sulfide) groups is 1. The number of carbonyl (C=O) groups excluding carboxylic acids is 2. The van der Waals surface area contributed by atoms with Crippen molar-refractivity contribution in [3.05, 3.63) is 12.7 Å². The molecule has 0 aromatic carbocycles. The number of aliphatic hydroxyl groups excluding tert-OH is 1. The average molecular weight is 397 g/mol. The van der Waals surface area contributed by atoms with E-state index in [9.17, 15) is 24.6 Å². The molecule has 8 heteroatoms. The Kier molecular flexibility index (Phi) is 5.33. The van der Waals surface area contributed by atoms with E-state index in [1.54, 1.807) is 11.0 Å². The van der Waals surface area contributed by atoms with Crippen LogP contribution in [0.15, 0.2) is 12.7 Å². The van der Waals surface area contributed by atoms with Crippen LogP contribution in [-0.2, 0) is 14.4 Å². The van der Waals surface area contributed by atoms with Crippen molar-refractivity contribution in [3.63, 3.8) is 0 Å². The summed E-state index contributed by atoms with van der Waals surface area (Å²) in [5.74, 6) is -2.90. The van der Waals surface area contributed by atoms with E-state index in [0.29, 0.717) is 13.0 Å². The van der Waals surface area contributed by atoms with Gasteiger partial charge in [-0.1, -0.05) is 13.0 Å². The zero-order valence-electron chi connectivity index (χ0n) is 16.0. The van der Waals surface area contributed by atoms with Crippen molar-refractivity contribution in [1.29, 1.82) is 0 Å². The van der Waals surface area contributed by atoms with E-state index in [1.807, 2.05) is 20.8 Å². The van der Waals surface area contributed by atoms with Gasteiger partial charge in [0.05, 0.1) is 23.2 Å². The van der Waals surface area contributed by atoms with Gasteiger partial charge in [-0.05, 0) is 26.2 Å². The number of carboxylic acids is 1. The monoisotopic (exact) mass is 396 g/mol. The Hall–Kier alpha value is -1.54. The minimum atomic E-state index is -0.969. The van der Waals surface area contributed by atoms with Crippen LogP contribution in [0, 0.1) is 17.8 Å². The number of amides is 2. The number of aliphatic hydroxyl groups is 1. The molecule has 0 aromatic heterocycles. The Balaban J connectivity index is 2.10. The van der Waals surface area contributed by atoms with Crippen molar-refractivity contribution in [2.45, 2.75) is 49.3 Å². The van der Waals surface area contributed by atoms with Crippen LogP contribution < -0.4 is 0 Å². The first-order valence-corrected chi connectivity index (χ1v) is 10.3. The van der Waals surface area contributed by atoms with Crippen molar-refractivity contribution >= 4 is 29.5 Å². The minimum Gasteiger partial charge on any atom is -0.481 e. The molecule has 3 rings (SSSR count). The summed E-state index contributed by atoms with van der Waals surface area (Å²) in [4.78, 5) is 41.9. The van der Waals surface area contributed by atoms with Crippen LogP contribution in [0.1, 0.15) is 27.2 Å². The van der Waals surface area contributed by atoms with Gasteiger partial charge < -0.3 is 20.0 Å². The van der Waals surface area contributed by atoms with Gasteiger partial charge in [-0.3, -0.25) is 14.4 Å². The van der Waals surface area contributed by atoms with E-state index >= 15 is 0 Å². The predicted molar refractivity (Wildman–Crippen MR) is 102 cm³/mol. The molecular formula is C19H28N2O5S. The molecule has 0 aromatic rings. The number of carboxylic acid groups (broad SMARTS) is 1. The second-order valence-electron chi connectivity index (χ2n) is 8.02. The Bertz CT molecular complexity index is 668. The van der Waals surface area contributed by atoms with Crippen LogP contribution in [0.5, 0.6) is 0 Å². The first-order valence-electron chi connectivity index (χ1n) is 9.45. The van der Waals surface area contributed by atoms with Crippen molar-refractivity contribution in [3.8, 4) is 0 Å². The molecule has 2 bridgehead atoms. The number of nitrogens with zero attached hydrogens (tertiary/aromatic N) is 2. The van der Waals surface area contributed by atoms with E-state index in [2.05, 4.69) is 6.58 Å². The van der Waals surface area contributed by atoms with Gasteiger partial charge in [-0.2, -0.15) is 0 Å². The van der Waals surface area contributed by atoms with Crippen LogP contribution in [-0.4, -0.2) is 79.6 Å². The van der Waals surface area contributed by atoms with Crippen LogP contribution >= 0.6 is 11.8 Å². The van der Waals surface area contributed by atoms with Gasteiger partial charge in [-0.15, -0.1) is 18.3 Å². The molecule has 3 heterocycles. The second kappa shape index (κ2) is 7.13. The predicted octanol–water partition coefficient (Wildman–Crippen LogP) is 0.823. The number of carbonyl (C=O) groups is 3. The zero-order valence-corrected chi connectivity index (χ0v) is 16.8. The topological polar surface area (TPSA) is 98.2 Å². The van der Waals surface area contributed by atoms with Crippen LogP contribution in [0.4, 0.5) is 0 Å². The summed E-state index contributed by atoms with van der Waals surface area (Å²) in [5.41, 5.74) is 0. The summed E-state index contributed by atoms with van der Waals surface area (Å²) in [6.45, 7) is 9.70. The van der Waals surface area contributed by atoms with Gasteiger partial charge >= 0.3 is 5.97 Å². The highest BCUT2D eigenvalue weighted by Crippen LogP contribution is 2.68. The van der Waals surface area contributed by atoms with E-state index in [-0.39, 0.29) is 42.2 Å². The fraction of sp³-hybridized carbons (Fsp3) is 0.737. The van der Waals surface area contributed by atoms with Crippen LogP contribution in [0.25, 0.3) is 0 Å². The van der Waals surface area contributed by atoms with Gasteiger partial charge in [0.1, 0.15) is 6.04 Å². The lowest BCUT2D eigenvalue weighted by Gasteiger charge is -2.41. The lowest BCUT2D eigenvalue weighted by Crippen LogP contribution is -2.58. The molecule has 3 unspecified atom stereocenters. The smallest absolute Gasteiger partial charge is 0.308 e. The lowest BCUT2D eigenvalue weighted by atomic mass is 9.66. The summed E-state index contributed by atoms with van der Waals surface area (Å²) >= 11 is 1.51. The van der Waals surface area contributed by atoms with Crippen molar-refractivity contribution in [2.24, 2.45) is 17.8 Å². The van der Waals surface area contributed by atoms with Gasteiger partial charge in [0.15, 0.2) is 0 Å². The summed E-state index contributed by atoms with van der Waals surface area (Å²) in [6, 6.07) is -0.829. The second-order valence-corrected chi connectivity index (χ2v) is 9.57. The molecule has 1 spiro atoms. The SMILES string of the molecule is C=CCN(C(=O)C1N(CCO)C(=O)[C@@H]2[C@@H](C(=O)O)[C@H]3CC(C)C12S3)C(C)C. The van der Waals surface area contributed by atoms with Crippen molar-refractivity contribution < 1.29 is 24.6 Å². The molecule has 0 radical (unpaired) electrons. The quantitative estimate of drug-likeness (QED) is 0.619. The Morgan fingerprint density at radius 1 is 1.48 bits per heavy atom. The molecule has 3 aliphatic rings. The maximum absolute atomic E-state index is 13.6. The highest BCUT2D eigenvalue weighted by atomic mass is 32.2. The third-order valence-electron chi connectivity index (χ3n) is 6.34. The first-order chi connectivity index (χ1) is 12.7. The molecule has 3 fully saturated rings. The number of hydrogen-bond acceptors (Lipinski definition) is 5. The number of β-amino-alcohol motifs (C(OH)–C–C–N with tert-alkyl or cyclic N) is 1. The Morgan fingerprint density at radius 2 is 2.15 bits per heavy atom. The fourth-order valence-electron chi connectivity index (χ4n) is 5.28. The highest BCUT2D eigenvalue weighted by Gasteiger charge is 2.76. The van der Waals surface area contributed by atoms with Crippen LogP contribution in [0.3, 0.4) is 0 Å². The lowest BCUT2D eigenvalue weighted by molar-refractivity contribution is -0.149. The number of rotatable bonds is 7. The van der Waals surface area contributed by atoms with Crippen molar-refractivity contribution in [1.82, 2.24) is 9.80 Å². The maximum atomic E-state index is 13.6. The number of likely N-dealkylation sites (tertiary alicyclic amines) is 1. The Labute approximate surface area is 163 Å². The van der Waals surface area contributed by atoms with E-state index in [1.165, 1.54) is 16.7 Å². The normalized spacial score (nSPS) is 37.0. The van der Waals surface area contributed by atoms with E-state index in [0.717, 1.165) is 0 Å². The molecule has 27 heavy (non-hydrogen) atoms. The number of hydrogen-bond donors (Lipinski definition) is 2. The van der Waals surface area contributed by atoms with Gasteiger partial charge in [0.2, 0.25) is 11.8 Å². The Morgan fingerprint density at radius 3 is 2.67 bits per heavy atom. The fourth-order valence-corrected chi connectivity index (χ4v) is 7.69. The summed E-state index contributed by atoms with van der Waals surface area (Å²) < 4.78 is -0.745. The largest absolute Gasteiger partial charge is 0.481 e. The van der Waals surface area contributed by atoms with Gasteiger partial charge in [0, 0.05) is 24.4 Å². The molecule has 150 valence electrons. The molecule has 3 saturated heterocycles.